The third-order valence-corrected chi connectivity index (χ3v) is 4.92. The van der Waals surface area contributed by atoms with Crippen LogP contribution in [-0.2, 0) is 19.6 Å². The van der Waals surface area contributed by atoms with E-state index in [0.29, 0.717) is 5.69 Å². The molecule has 1 saturated heterocycles. The Morgan fingerprint density at radius 1 is 1.32 bits per heavy atom. The van der Waals surface area contributed by atoms with Gasteiger partial charge in [0.05, 0.1) is 17.5 Å². The molecule has 2 rings (SSSR count). The van der Waals surface area contributed by atoms with Crippen LogP contribution in [0.25, 0.3) is 0 Å². The topological polar surface area (TPSA) is 83.6 Å². The number of nitrogens with zero attached hydrogens (tertiary/aromatic N) is 1. The van der Waals surface area contributed by atoms with E-state index in [2.05, 4.69) is 5.32 Å². The van der Waals surface area contributed by atoms with Crippen molar-refractivity contribution in [1.82, 2.24) is 4.31 Å². The lowest BCUT2D eigenvalue weighted by molar-refractivity contribution is -0.130. The number of benzene rings is 1. The Kier molecular flexibility index (Phi) is 3.42. The second-order valence-corrected chi connectivity index (χ2v) is 6.29. The van der Waals surface area contributed by atoms with E-state index in [-0.39, 0.29) is 23.1 Å². The highest BCUT2D eigenvalue weighted by Gasteiger charge is 2.42. The van der Waals surface area contributed by atoms with E-state index >= 15 is 0 Å². The highest BCUT2D eigenvalue weighted by atomic mass is 32.2. The van der Waals surface area contributed by atoms with Crippen molar-refractivity contribution in [3.63, 3.8) is 0 Å². The van der Waals surface area contributed by atoms with Gasteiger partial charge >= 0.3 is 0 Å². The average molecular weight is 282 g/mol. The molecule has 1 aliphatic rings. The Morgan fingerprint density at radius 3 is 2.32 bits per heavy atom. The highest BCUT2D eigenvalue weighted by molar-refractivity contribution is 7.89. The molecule has 0 radical (unpaired) electrons. The molecule has 1 fully saturated rings. The van der Waals surface area contributed by atoms with E-state index in [1.807, 2.05) is 0 Å². The number of hydrogen-bond donors (Lipinski definition) is 1. The second kappa shape index (κ2) is 4.75. The molecule has 1 N–H and O–H groups in total. The largest absolute Gasteiger partial charge is 0.326 e. The highest BCUT2D eigenvalue weighted by Crippen LogP contribution is 2.25. The Morgan fingerprint density at radius 2 is 1.89 bits per heavy atom. The molecule has 19 heavy (non-hydrogen) atoms. The van der Waals surface area contributed by atoms with Crippen molar-refractivity contribution in [3.8, 4) is 0 Å². The summed E-state index contributed by atoms with van der Waals surface area (Å²) in [7, 11) is -3.63. The maximum Gasteiger partial charge on any atom is 0.244 e. The van der Waals surface area contributed by atoms with Crippen LogP contribution in [0.2, 0.25) is 0 Å². The van der Waals surface area contributed by atoms with Crippen molar-refractivity contribution in [2.45, 2.75) is 24.8 Å². The Balaban J connectivity index is 2.22. The van der Waals surface area contributed by atoms with Crippen molar-refractivity contribution in [2.24, 2.45) is 0 Å². The van der Waals surface area contributed by atoms with E-state index in [1.54, 1.807) is 6.92 Å². The SMILES string of the molecule is CC(=O)Nc1ccc(S(=O)(=O)N2CC(=O)[C@H]2C)cc1. The molecule has 0 aliphatic carbocycles. The van der Waals surface area contributed by atoms with Crippen LogP contribution in [0.4, 0.5) is 5.69 Å². The van der Waals surface area contributed by atoms with Gasteiger partial charge in [-0.1, -0.05) is 0 Å². The molecule has 0 spiro atoms. The fraction of sp³-hybridized carbons (Fsp3) is 0.333. The van der Waals surface area contributed by atoms with Crippen molar-refractivity contribution in [2.75, 3.05) is 11.9 Å². The van der Waals surface area contributed by atoms with Crippen LogP contribution in [0.1, 0.15) is 13.8 Å². The van der Waals surface area contributed by atoms with Gasteiger partial charge in [-0.25, -0.2) is 8.42 Å². The van der Waals surface area contributed by atoms with Crippen molar-refractivity contribution < 1.29 is 18.0 Å². The maximum absolute atomic E-state index is 12.2. The van der Waals surface area contributed by atoms with Crippen LogP contribution < -0.4 is 5.32 Å². The summed E-state index contributed by atoms with van der Waals surface area (Å²) in [6.07, 6.45) is 0. The van der Waals surface area contributed by atoms with Crippen LogP contribution in [0, 0.1) is 0 Å². The number of nitrogens with one attached hydrogen (secondary N) is 1. The van der Waals surface area contributed by atoms with Crippen molar-refractivity contribution in [3.05, 3.63) is 24.3 Å². The molecule has 0 bridgehead atoms. The molecule has 1 aliphatic heterocycles. The van der Waals surface area contributed by atoms with Crippen LogP contribution >= 0.6 is 0 Å². The first-order chi connectivity index (χ1) is 8.82. The van der Waals surface area contributed by atoms with Gasteiger partial charge in [0.25, 0.3) is 0 Å². The molecule has 7 heteroatoms. The summed E-state index contributed by atoms with van der Waals surface area (Å²) in [5, 5.41) is 2.55. The summed E-state index contributed by atoms with van der Waals surface area (Å²) in [4.78, 5) is 22.1. The fourth-order valence-corrected chi connectivity index (χ4v) is 3.39. The van der Waals surface area contributed by atoms with E-state index in [4.69, 9.17) is 0 Å². The number of carbonyl (C=O) groups excluding carboxylic acids is 2. The van der Waals surface area contributed by atoms with Crippen LogP contribution in [0.15, 0.2) is 29.2 Å². The van der Waals surface area contributed by atoms with Gasteiger partial charge in [-0.15, -0.1) is 0 Å². The fourth-order valence-electron chi connectivity index (χ4n) is 1.81. The Hall–Kier alpha value is -1.73. The summed E-state index contributed by atoms with van der Waals surface area (Å²) in [6, 6.07) is 5.26. The summed E-state index contributed by atoms with van der Waals surface area (Å²) in [5.74, 6) is -0.309. The summed E-state index contributed by atoms with van der Waals surface area (Å²) < 4.78 is 25.5. The number of hydrogen-bond acceptors (Lipinski definition) is 4. The molecule has 102 valence electrons. The molecule has 0 saturated carbocycles. The van der Waals surface area contributed by atoms with Gasteiger partial charge in [0.1, 0.15) is 0 Å². The van der Waals surface area contributed by atoms with E-state index in [0.717, 1.165) is 4.31 Å². The lowest BCUT2D eigenvalue weighted by atomic mass is 10.1. The number of carbonyl (C=O) groups is 2. The predicted octanol–water partition coefficient (Wildman–Crippen LogP) is 0.607. The molecule has 1 amide bonds. The standard InChI is InChI=1S/C12H14N2O4S/c1-8-12(16)7-14(8)19(17,18)11-5-3-10(4-6-11)13-9(2)15/h3-6,8H,7H2,1-2H3,(H,13,15)/t8-/m1/s1. The number of ketones is 1. The summed E-state index contributed by atoms with van der Waals surface area (Å²) in [5.41, 5.74) is 0.527. The Labute approximate surface area is 111 Å². The normalized spacial score (nSPS) is 19.9. The molecule has 1 aromatic carbocycles. The van der Waals surface area contributed by atoms with E-state index < -0.39 is 16.1 Å². The van der Waals surface area contributed by atoms with Gasteiger partial charge in [0.2, 0.25) is 15.9 Å². The molecule has 1 atom stereocenters. The second-order valence-electron chi connectivity index (χ2n) is 4.40. The zero-order valence-corrected chi connectivity index (χ0v) is 11.4. The van der Waals surface area contributed by atoms with Gasteiger partial charge < -0.3 is 5.32 Å². The summed E-state index contributed by atoms with van der Waals surface area (Å²) in [6.45, 7) is 2.87. The molecule has 0 aromatic heterocycles. The third kappa shape index (κ3) is 2.52. The van der Waals surface area contributed by atoms with Crippen molar-refractivity contribution >= 4 is 27.4 Å². The quantitative estimate of drug-likeness (QED) is 0.880. The number of sulfonamides is 1. The Bertz CT molecular complexity index is 622. The van der Waals surface area contributed by atoms with Gasteiger partial charge in [-0.3, -0.25) is 9.59 Å². The van der Waals surface area contributed by atoms with Gasteiger partial charge in [0.15, 0.2) is 5.78 Å². The van der Waals surface area contributed by atoms with E-state index in [9.17, 15) is 18.0 Å². The van der Waals surface area contributed by atoms with Gasteiger partial charge in [-0.2, -0.15) is 4.31 Å². The number of Topliss-reactive ketones (excluding diaryl/α,β-unsaturated/α-hetero) is 1. The molecular weight excluding hydrogens is 268 g/mol. The molecular formula is C12H14N2O4S. The number of anilines is 1. The summed E-state index contributed by atoms with van der Waals surface area (Å²) >= 11 is 0. The molecule has 1 heterocycles. The molecule has 1 aromatic rings. The average Bonchev–Trinajstić information content (AvgIpc) is 2.35. The minimum absolute atomic E-state index is 0.0725. The van der Waals surface area contributed by atoms with Crippen LogP contribution in [0.3, 0.4) is 0 Å². The first kappa shape index (κ1) is 13.7. The first-order valence-corrected chi connectivity index (χ1v) is 7.18. The zero-order chi connectivity index (χ0) is 14.2. The van der Waals surface area contributed by atoms with E-state index in [1.165, 1.54) is 31.2 Å². The smallest absolute Gasteiger partial charge is 0.244 e. The minimum atomic E-state index is -3.63. The molecule has 6 nitrogen and oxygen atoms in total. The third-order valence-electron chi connectivity index (χ3n) is 2.99. The number of rotatable bonds is 3. The first-order valence-electron chi connectivity index (χ1n) is 5.74. The monoisotopic (exact) mass is 282 g/mol. The lowest BCUT2D eigenvalue weighted by Crippen LogP contribution is -2.57. The van der Waals surface area contributed by atoms with Gasteiger partial charge in [-0.05, 0) is 31.2 Å². The zero-order valence-electron chi connectivity index (χ0n) is 10.6. The maximum atomic E-state index is 12.2. The van der Waals surface area contributed by atoms with Crippen molar-refractivity contribution in [1.29, 1.82) is 0 Å². The predicted molar refractivity (Wildman–Crippen MR) is 69.1 cm³/mol. The van der Waals surface area contributed by atoms with Crippen LogP contribution in [-0.4, -0.2) is 37.0 Å². The van der Waals surface area contributed by atoms with Crippen LogP contribution in [0.5, 0.6) is 0 Å². The van der Waals surface area contributed by atoms with Gasteiger partial charge in [0, 0.05) is 12.6 Å². The minimum Gasteiger partial charge on any atom is -0.326 e. The number of amides is 1. The lowest BCUT2D eigenvalue weighted by Gasteiger charge is -2.35. The molecule has 0 unspecified atom stereocenters.